The normalized spacial score (nSPS) is 18.0. The summed E-state index contributed by atoms with van der Waals surface area (Å²) in [5.74, 6) is -3.31. The third kappa shape index (κ3) is 7.22. The number of amides is 1. The summed E-state index contributed by atoms with van der Waals surface area (Å²) in [5.41, 5.74) is 4.21. The number of piperazine rings is 1. The highest BCUT2D eigenvalue weighted by molar-refractivity contribution is 5.94. The van der Waals surface area contributed by atoms with Crippen LogP contribution in [0.5, 0.6) is 0 Å². The average molecular weight is 555 g/mol. The standard InChI is InChI=1S/C27H25FN4O.C2HF3O2/c28-26-8-7-19(14-31-27(33)22-6-1-3-18(9-22)13-29)11-25(26)21-5-2-4-20(10-21)16-32-17-23-12-24(32)15-30-23;3-2(4,5)1(6)7/h1-11,23-24,30H,12,14-17H2,(H,31,33);(H,6,7)/t23-,24-;/m0./s1. The van der Waals surface area contributed by atoms with E-state index in [1.165, 1.54) is 18.1 Å². The molecule has 2 saturated heterocycles. The molecule has 7 nitrogen and oxygen atoms in total. The molecule has 2 bridgehead atoms. The number of benzene rings is 3. The predicted molar refractivity (Wildman–Crippen MR) is 138 cm³/mol. The van der Waals surface area contributed by atoms with Crippen LogP contribution in [0.3, 0.4) is 0 Å². The second-order valence-electron chi connectivity index (χ2n) is 9.62. The fourth-order valence-electron chi connectivity index (χ4n) is 4.83. The minimum atomic E-state index is -5.08. The first-order valence-electron chi connectivity index (χ1n) is 12.5. The van der Waals surface area contributed by atoms with E-state index in [0.717, 1.165) is 30.8 Å². The fraction of sp³-hybridized carbons (Fsp3) is 0.276. The van der Waals surface area contributed by atoms with Gasteiger partial charge >= 0.3 is 12.1 Å². The number of carboxylic acid groups (broad SMARTS) is 1. The van der Waals surface area contributed by atoms with Gasteiger partial charge in [0.1, 0.15) is 5.82 Å². The number of nitriles is 1. The van der Waals surface area contributed by atoms with Gasteiger partial charge in [-0.25, -0.2) is 9.18 Å². The molecule has 11 heteroatoms. The molecule has 3 aromatic carbocycles. The molecule has 3 N–H and O–H groups in total. The van der Waals surface area contributed by atoms with Crippen LogP contribution in [0, 0.1) is 17.1 Å². The number of nitrogens with zero attached hydrogens (tertiary/aromatic N) is 2. The van der Waals surface area contributed by atoms with Crippen LogP contribution < -0.4 is 10.6 Å². The van der Waals surface area contributed by atoms with Gasteiger partial charge in [-0.15, -0.1) is 0 Å². The van der Waals surface area contributed by atoms with Gasteiger partial charge in [0.25, 0.3) is 5.91 Å². The van der Waals surface area contributed by atoms with E-state index in [0.29, 0.717) is 28.8 Å². The van der Waals surface area contributed by atoms with Crippen molar-refractivity contribution in [1.82, 2.24) is 15.5 Å². The van der Waals surface area contributed by atoms with E-state index in [9.17, 15) is 22.4 Å². The van der Waals surface area contributed by atoms with E-state index in [4.69, 9.17) is 15.2 Å². The summed E-state index contributed by atoms with van der Waals surface area (Å²) in [6.07, 6.45) is -3.87. The molecule has 0 aliphatic carbocycles. The second kappa shape index (κ2) is 12.3. The Kier molecular flexibility index (Phi) is 8.82. The Bertz CT molecular complexity index is 1440. The molecule has 208 valence electrons. The Labute approximate surface area is 228 Å². The van der Waals surface area contributed by atoms with Crippen molar-refractivity contribution in [1.29, 1.82) is 5.26 Å². The van der Waals surface area contributed by atoms with Gasteiger partial charge in [-0.2, -0.15) is 18.4 Å². The minimum Gasteiger partial charge on any atom is -0.475 e. The maximum atomic E-state index is 14.7. The van der Waals surface area contributed by atoms with Crippen LogP contribution in [0.2, 0.25) is 0 Å². The third-order valence-corrected chi connectivity index (χ3v) is 6.77. The van der Waals surface area contributed by atoms with Crippen LogP contribution >= 0.6 is 0 Å². The van der Waals surface area contributed by atoms with Gasteiger partial charge in [0, 0.05) is 49.4 Å². The largest absolute Gasteiger partial charge is 0.490 e. The maximum absolute atomic E-state index is 14.7. The first-order chi connectivity index (χ1) is 19.0. The van der Waals surface area contributed by atoms with Crippen LogP contribution in [0.4, 0.5) is 17.6 Å². The topological polar surface area (TPSA) is 105 Å². The molecule has 2 aliphatic heterocycles. The van der Waals surface area contributed by atoms with Crippen LogP contribution in [0.25, 0.3) is 11.1 Å². The number of hydrogen-bond donors (Lipinski definition) is 3. The van der Waals surface area contributed by atoms with E-state index in [2.05, 4.69) is 27.7 Å². The Morgan fingerprint density at radius 2 is 1.82 bits per heavy atom. The summed E-state index contributed by atoms with van der Waals surface area (Å²) in [4.78, 5) is 23.9. The van der Waals surface area contributed by atoms with Crippen molar-refractivity contribution >= 4 is 11.9 Å². The van der Waals surface area contributed by atoms with Gasteiger partial charge in [-0.05, 0) is 59.5 Å². The Balaban J connectivity index is 0.000000470. The van der Waals surface area contributed by atoms with Crippen molar-refractivity contribution in [3.05, 3.63) is 94.8 Å². The summed E-state index contributed by atoms with van der Waals surface area (Å²) < 4.78 is 46.5. The lowest BCUT2D eigenvalue weighted by Gasteiger charge is -2.27. The van der Waals surface area contributed by atoms with E-state index < -0.39 is 12.1 Å². The van der Waals surface area contributed by atoms with Crippen molar-refractivity contribution in [3.63, 3.8) is 0 Å². The van der Waals surface area contributed by atoms with E-state index in [1.54, 1.807) is 36.4 Å². The lowest BCUT2D eigenvalue weighted by molar-refractivity contribution is -0.192. The molecule has 0 radical (unpaired) electrons. The zero-order chi connectivity index (χ0) is 28.9. The van der Waals surface area contributed by atoms with Gasteiger partial charge in [0.2, 0.25) is 0 Å². The molecule has 2 aliphatic rings. The molecule has 2 atom stereocenters. The molecule has 0 spiro atoms. The summed E-state index contributed by atoms with van der Waals surface area (Å²) in [6, 6.07) is 22.8. The van der Waals surface area contributed by atoms with Crippen LogP contribution in [-0.4, -0.2) is 53.2 Å². The van der Waals surface area contributed by atoms with Crippen molar-refractivity contribution in [3.8, 4) is 17.2 Å². The molecule has 0 unspecified atom stereocenters. The predicted octanol–water partition coefficient (Wildman–Crippen LogP) is 4.47. The number of rotatable bonds is 6. The lowest BCUT2D eigenvalue weighted by atomic mass is 10.00. The number of aliphatic carboxylic acids is 1. The first-order valence-corrected chi connectivity index (χ1v) is 12.5. The molecule has 2 fully saturated rings. The smallest absolute Gasteiger partial charge is 0.475 e. The average Bonchev–Trinajstić information content (AvgIpc) is 3.56. The molecule has 40 heavy (non-hydrogen) atoms. The summed E-state index contributed by atoms with van der Waals surface area (Å²) in [6.45, 7) is 3.26. The third-order valence-electron chi connectivity index (χ3n) is 6.77. The van der Waals surface area contributed by atoms with Gasteiger partial charge in [0.15, 0.2) is 0 Å². The first kappa shape index (κ1) is 28.7. The van der Waals surface area contributed by atoms with E-state index in [-0.39, 0.29) is 18.3 Å². The Morgan fingerprint density at radius 3 is 2.48 bits per heavy atom. The number of hydrogen-bond acceptors (Lipinski definition) is 5. The molecule has 0 saturated carbocycles. The monoisotopic (exact) mass is 554 g/mol. The zero-order valence-electron chi connectivity index (χ0n) is 21.2. The van der Waals surface area contributed by atoms with Crippen molar-refractivity contribution in [2.45, 2.75) is 37.8 Å². The number of halogens is 4. The molecular weight excluding hydrogens is 528 g/mol. The number of carbonyl (C=O) groups excluding carboxylic acids is 1. The number of carbonyl (C=O) groups is 2. The van der Waals surface area contributed by atoms with Crippen molar-refractivity contribution in [2.75, 3.05) is 13.1 Å². The second-order valence-corrected chi connectivity index (χ2v) is 9.62. The SMILES string of the molecule is N#Cc1cccc(C(=O)NCc2ccc(F)c(-c3cccc(CN4C[C@@H]5C[C@H]4CN5)c3)c2)c1.O=C(O)C(F)(F)F. The van der Waals surface area contributed by atoms with Crippen molar-refractivity contribution in [2.24, 2.45) is 0 Å². The molecule has 5 rings (SSSR count). The zero-order valence-corrected chi connectivity index (χ0v) is 21.2. The van der Waals surface area contributed by atoms with E-state index in [1.807, 2.05) is 18.2 Å². The molecule has 1 amide bonds. The molecule has 2 heterocycles. The van der Waals surface area contributed by atoms with Gasteiger partial charge in [0.05, 0.1) is 11.6 Å². The summed E-state index contributed by atoms with van der Waals surface area (Å²) >= 11 is 0. The number of nitrogens with one attached hydrogen (secondary N) is 2. The lowest BCUT2D eigenvalue weighted by Crippen LogP contribution is -2.42. The summed E-state index contributed by atoms with van der Waals surface area (Å²) in [5, 5.41) is 22.5. The van der Waals surface area contributed by atoms with Crippen molar-refractivity contribution < 1.29 is 32.3 Å². The molecule has 0 aromatic heterocycles. The fourth-order valence-corrected chi connectivity index (χ4v) is 4.83. The van der Waals surface area contributed by atoms with Gasteiger partial charge in [-0.1, -0.05) is 30.3 Å². The number of likely N-dealkylation sites (tertiary alicyclic amines) is 1. The molecular formula is C29H26F4N4O3. The van der Waals surface area contributed by atoms with Crippen LogP contribution in [0.15, 0.2) is 66.7 Å². The molecule has 3 aromatic rings. The highest BCUT2D eigenvalue weighted by Crippen LogP contribution is 2.28. The Morgan fingerprint density at radius 1 is 1.07 bits per heavy atom. The van der Waals surface area contributed by atoms with Crippen LogP contribution in [0.1, 0.15) is 33.5 Å². The number of carboxylic acids is 1. The number of fused-ring (bicyclic) bond motifs is 2. The maximum Gasteiger partial charge on any atom is 0.490 e. The minimum absolute atomic E-state index is 0.269. The van der Waals surface area contributed by atoms with Crippen LogP contribution in [-0.2, 0) is 17.9 Å². The Hall–Kier alpha value is -4.27. The van der Waals surface area contributed by atoms with Gasteiger partial charge in [-0.3, -0.25) is 9.69 Å². The quantitative estimate of drug-likeness (QED) is 0.389. The number of alkyl halides is 3. The highest BCUT2D eigenvalue weighted by atomic mass is 19.4. The highest BCUT2D eigenvalue weighted by Gasteiger charge is 2.38. The van der Waals surface area contributed by atoms with Gasteiger partial charge < -0.3 is 15.7 Å². The summed E-state index contributed by atoms with van der Waals surface area (Å²) in [7, 11) is 0. The van der Waals surface area contributed by atoms with E-state index >= 15 is 0 Å².